The van der Waals surface area contributed by atoms with E-state index in [9.17, 15) is 0 Å². The van der Waals surface area contributed by atoms with Crippen LogP contribution in [-0.4, -0.2) is 12.1 Å². The zero-order chi connectivity index (χ0) is 14.8. The summed E-state index contributed by atoms with van der Waals surface area (Å²) in [5, 5.41) is 0.582. The average molecular weight is 300 g/mol. The van der Waals surface area contributed by atoms with Gasteiger partial charge in [-0.05, 0) is 42.3 Å². The lowest BCUT2D eigenvalue weighted by Crippen LogP contribution is -1.91. The first-order valence-electron chi connectivity index (χ1n) is 6.70. The van der Waals surface area contributed by atoms with Crippen LogP contribution in [0, 0.1) is 0 Å². The number of aromatic nitrogens is 1. The lowest BCUT2D eigenvalue weighted by atomic mass is 10.1. The molecule has 0 aliphatic rings. The van der Waals surface area contributed by atoms with Gasteiger partial charge in [0.25, 0.3) is 5.19 Å². The highest BCUT2D eigenvalue weighted by atomic mass is 32.1. The Morgan fingerprint density at radius 3 is 2.76 bits per heavy atom. The van der Waals surface area contributed by atoms with Crippen LogP contribution in [-0.2, 0) is 6.42 Å². The van der Waals surface area contributed by atoms with Crippen LogP contribution in [0.5, 0.6) is 16.7 Å². The molecule has 2 aromatic carbocycles. The molecule has 108 valence electrons. The Balaban J connectivity index is 1.94. The Kier molecular flexibility index (Phi) is 3.66. The molecular formula is C16H16N2O2S. The molecule has 0 fully saturated rings. The predicted octanol–water partition coefficient (Wildman–Crippen LogP) is 4.24. The number of nitrogen functional groups attached to an aromatic ring is 1. The van der Waals surface area contributed by atoms with E-state index in [1.807, 2.05) is 36.4 Å². The summed E-state index contributed by atoms with van der Waals surface area (Å²) in [7, 11) is 1.64. The second-order valence-corrected chi connectivity index (χ2v) is 5.64. The Morgan fingerprint density at radius 1 is 1.14 bits per heavy atom. The summed E-state index contributed by atoms with van der Waals surface area (Å²) in [5.41, 5.74) is 8.59. The summed E-state index contributed by atoms with van der Waals surface area (Å²) >= 11 is 1.47. The molecular weight excluding hydrogens is 284 g/mol. The molecule has 1 heterocycles. The highest BCUT2D eigenvalue weighted by Gasteiger charge is 2.10. The Morgan fingerprint density at radius 2 is 2.00 bits per heavy atom. The SMILES string of the molecule is CCc1ccc(Oc2nc3ccc(N)cc3s2)c(OC)c1. The lowest BCUT2D eigenvalue weighted by molar-refractivity contribution is 0.378. The number of nitrogens with zero attached hydrogens (tertiary/aromatic N) is 1. The van der Waals surface area contributed by atoms with Gasteiger partial charge in [-0.25, -0.2) is 4.98 Å². The van der Waals surface area contributed by atoms with Gasteiger partial charge in [0.05, 0.1) is 17.3 Å². The van der Waals surface area contributed by atoms with E-state index in [4.69, 9.17) is 15.2 Å². The van der Waals surface area contributed by atoms with Gasteiger partial charge < -0.3 is 15.2 Å². The van der Waals surface area contributed by atoms with Crippen molar-refractivity contribution in [2.45, 2.75) is 13.3 Å². The number of rotatable bonds is 4. The standard InChI is InChI=1S/C16H16N2O2S/c1-3-10-4-7-13(14(8-10)19-2)20-16-18-12-6-5-11(17)9-15(12)21-16/h4-9H,3,17H2,1-2H3. The smallest absolute Gasteiger partial charge is 0.279 e. The van der Waals surface area contributed by atoms with Crippen molar-refractivity contribution in [3.8, 4) is 16.7 Å². The van der Waals surface area contributed by atoms with Crippen LogP contribution in [0.1, 0.15) is 12.5 Å². The zero-order valence-electron chi connectivity index (χ0n) is 11.9. The monoisotopic (exact) mass is 300 g/mol. The fourth-order valence-electron chi connectivity index (χ4n) is 2.07. The maximum absolute atomic E-state index is 5.87. The van der Waals surface area contributed by atoms with Crippen LogP contribution in [0.4, 0.5) is 5.69 Å². The Bertz CT molecular complexity index is 783. The number of hydrogen-bond donors (Lipinski definition) is 1. The van der Waals surface area contributed by atoms with Gasteiger partial charge in [-0.15, -0.1) is 0 Å². The molecule has 0 saturated heterocycles. The van der Waals surface area contributed by atoms with Crippen LogP contribution in [0.25, 0.3) is 10.2 Å². The van der Waals surface area contributed by atoms with Crippen molar-refractivity contribution in [1.82, 2.24) is 4.98 Å². The van der Waals surface area contributed by atoms with E-state index in [1.54, 1.807) is 7.11 Å². The van der Waals surface area contributed by atoms with Crippen molar-refractivity contribution in [3.05, 3.63) is 42.0 Å². The minimum Gasteiger partial charge on any atom is -0.493 e. The van der Waals surface area contributed by atoms with Crippen molar-refractivity contribution >= 4 is 27.2 Å². The van der Waals surface area contributed by atoms with Crippen molar-refractivity contribution in [1.29, 1.82) is 0 Å². The summed E-state index contributed by atoms with van der Waals surface area (Å²) < 4.78 is 12.3. The van der Waals surface area contributed by atoms with Crippen LogP contribution in [0.15, 0.2) is 36.4 Å². The third-order valence-electron chi connectivity index (χ3n) is 3.23. The van der Waals surface area contributed by atoms with Gasteiger partial charge >= 0.3 is 0 Å². The fourth-order valence-corrected chi connectivity index (χ4v) is 2.95. The molecule has 0 aliphatic carbocycles. The van der Waals surface area contributed by atoms with Gasteiger partial charge in [-0.3, -0.25) is 0 Å². The first-order chi connectivity index (χ1) is 10.2. The van der Waals surface area contributed by atoms with Gasteiger partial charge in [-0.1, -0.05) is 24.3 Å². The van der Waals surface area contributed by atoms with Crippen LogP contribution >= 0.6 is 11.3 Å². The quantitative estimate of drug-likeness (QED) is 0.732. The van der Waals surface area contributed by atoms with Crippen LogP contribution < -0.4 is 15.2 Å². The summed E-state index contributed by atoms with van der Waals surface area (Å²) in [6.45, 7) is 2.10. The van der Waals surface area contributed by atoms with Crippen molar-refractivity contribution in [2.24, 2.45) is 0 Å². The third-order valence-corrected chi connectivity index (χ3v) is 4.12. The zero-order valence-corrected chi connectivity index (χ0v) is 12.7. The first-order valence-corrected chi connectivity index (χ1v) is 7.52. The molecule has 0 radical (unpaired) electrons. The largest absolute Gasteiger partial charge is 0.493 e. The highest BCUT2D eigenvalue weighted by Crippen LogP contribution is 2.36. The molecule has 3 aromatic rings. The molecule has 1 aromatic heterocycles. The number of fused-ring (bicyclic) bond motifs is 1. The van der Waals surface area contributed by atoms with E-state index in [1.165, 1.54) is 16.9 Å². The molecule has 5 heteroatoms. The number of anilines is 1. The van der Waals surface area contributed by atoms with Crippen LogP contribution in [0.3, 0.4) is 0 Å². The van der Waals surface area contributed by atoms with E-state index in [2.05, 4.69) is 11.9 Å². The van der Waals surface area contributed by atoms with Gasteiger partial charge in [0.1, 0.15) is 0 Å². The molecule has 0 spiro atoms. The molecule has 0 unspecified atom stereocenters. The van der Waals surface area contributed by atoms with E-state index in [0.717, 1.165) is 22.3 Å². The Hall–Kier alpha value is -2.27. The van der Waals surface area contributed by atoms with E-state index >= 15 is 0 Å². The number of hydrogen-bond acceptors (Lipinski definition) is 5. The lowest BCUT2D eigenvalue weighted by Gasteiger charge is -2.09. The molecule has 21 heavy (non-hydrogen) atoms. The topological polar surface area (TPSA) is 57.4 Å². The minimum absolute atomic E-state index is 0.582. The highest BCUT2D eigenvalue weighted by molar-refractivity contribution is 7.20. The Labute approximate surface area is 127 Å². The summed E-state index contributed by atoms with van der Waals surface area (Å²) in [5.74, 6) is 1.38. The van der Waals surface area contributed by atoms with E-state index < -0.39 is 0 Å². The maximum atomic E-state index is 5.87. The molecule has 0 aliphatic heterocycles. The summed E-state index contributed by atoms with van der Waals surface area (Å²) in [6.07, 6.45) is 0.955. The third kappa shape index (κ3) is 2.78. The number of methoxy groups -OCH3 is 1. The normalized spacial score (nSPS) is 10.8. The molecule has 3 rings (SSSR count). The van der Waals surface area contributed by atoms with Gasteiger partial charge in [0.15, 0.2) is 11.5 Å². The van der Waals surface area contributed by atoms with Crippen molar-refractivity contribution < 1.29 is 9.47 Å². The number of aryl methyl sites for hydroxylation is 1. The molecule has 0 saturated carbocycles. The van der Waals surface area contributed by atoms with Crippen molar-refractivity contribution in [3.63, 3.8) is 0 Å². The number of thiazole rings is 1. The molecule has 2 N–H and O–H groups in total. The van der Waals surface area contributed by atoms with Gasteiger partial charge in [0.2, 0.25) is 0 Å². The van der Waals surface area contributed by atoms with Crippen LogP contribution in [0.2, 0.25) is 0 Å². The molecule has 0 bridgehead atoms. The van der Waals surface area contributed by atoms with Gasteiger partial charge in [0, 0.05) is 5.69 Å². The predicted molar refractivity (Wildman–Crippen MR) is 86.5 cm³/mol. The van der Waals surface area contributed by atoms with Crippen molar-refractivity contribution in [2.75, 3.05) is 12.8 Å². The fraction of sp³-hybridized carbons (Fsp3) is 0.188. The molecule has 4 nitrogen and oxygen atoms in total. The second kappa shape index (κ2) is 5.61. The van der Waals surface area contributed by atoms with E-state index in [-0.39, 0.29) is 0 Å². The van der Waals surface area contributed by atoms with Gasteiger partial charge in [-0.2, -0.15) is 0 Å². The minimum atomic E-state index is 0.582. The summed E-state index contributed by atoms with van der Waals surface area (Å²) in [6, 6.07) is 11.6. The number of benzene rings is 2. The van der Waals surface area contributed by atoms with E-state index in [0.29, 0.717) is 16.7 Å². The molecule has 0 amide bonds. The number of ether oxygens (including phenoxy) is 2. The average Bonchev–Trinajstić information content (AvgIpc) is 2.89. The number of nitrogens with two attached hydrogens (primary N) is 1. The summed E-state index contributed by atoms with van der Waals surface area (Å²) in [4.78, 5) is 4.45. The second-order valence-electron chi connectivity index (χ2n) is 4.65. The maximum Gasteiger partial charge on any atom is 0.279 e. The molecule has 0 atom stereocenters. The first kappa shape index (κ1) is 13.7.